The van der Waals surface area contributed by atoms with Gasteiger partial charge in [-0.05, 0) is 169 Å². The van der Waals surface area contributed by atoms with Crippen molar-refractivity contribution >= 4 is 7.48 Å². The zero-order chi connectivity index (χ0) is 31.4. The second-order valence-corrected chi connectivity index (χ2v) is 17.8. The highest BCUT2D eigenvalue weighted by molar-refractivity contribution is 6.31. The van der Waals surface area contributed by atoms with Gasteiger partial charge in [0.05, 0.1) is 11.2 Å². The summed E-state index contributed by atoms with van der Waals surface area (Å²) in [6, 6.07) is 0. The fourth-order valence-corrected chi connectivity index (χ4v) is 12.8. The van der Waals surface area contributed by atoms with E-state index >= 15 is 0 Å². The van der Waals surface area contributed by atoms with Crippen LogP contribution in [0.15, 0.2) is 81.0 Å². The maximum Gasteiger partial charge on any atom is 0.283 e. The average molecular weight is 617 g/mol. The molecule has 9 aliphatic carbocycles. The summed E-state index contributed by atoms with van der Waals surface area (Å²) in [7, 11) is 0.711. The Labute approximate surface area is 279 Å². The third kappa shape index (κ3) is 4.15. The number of aliphatic hydroxyl groups is 1. The van der Waals surface area contributed by atoms with Crippen molar-refractivity contribution in [3.05, 3.63) is 81.0 Å². The molecule has 9 aliphatic rings. The zero-order valence-corrected chi connectivity index (χ0v) is 29.2. The Hall–Kier alpha value is -1.84. The molecule has 0 bridgehead atoms. The lowest BCUT2D eigenvalue weighted by Gasteiger charge is -2.51. The molecule has 0 heterocycles. The van der Waals surface area contributed by atoms with Crippen LogP contribution < -0.4 is 0 Å². The van der Waals surface area contributed by atoms with Crippen LogP contribution in [-0.2, 0) is 4.65 Å². The number of fused-ring (bicyclic) bond motifs is 12. The van der Waals surface area contributed by atoms with E-state index in [0.717, 1.165) is 24.2 Å². The van der Waals surface area contributed by atoms with Crippen LogP contribution >= 0.6 is 0 Å². The van der Waals surface area contributed by atoms with Crippen molar-refractivity contribution in [2.45, 2.75) is 141 Å². The van der Waals surface area contributed by atoms with E-state index in [-0.39, 0.29) is 5.41 Å². The molecule has 1 spiro atoms. The zero-order valence-electron chi connectivity index (χ0n) is 29.2. The minimum absolute atomic E-state index is 0.166. The molecular weight excluding hydrogens is 559 g/mol. The van der Waals surface area contributed by atoms with Crippen LogP contribution in [0.2, 0.25) is 5.82 Å². The van der Waals surface area contributed by atoms with Gasteiger partial charge in [0.1, 0.15) is 0 Å². The molecule has 0 aromatic carbocycles. The Kier molecular flexibility index (Phi) is 7.12. The Morgan fingerprint density at radius 2 is 1.59 bits per heavy atom. The molecule has 46 heavy (non-hydrogen) atoms. The van der Waals surface area contributed by atoms with Crippen molar-refractivity contribution < 1.29 is 9.76 Å². The van der Waals surface area contributed by atoms with E-state index in [1.807, 2.05) is 41.7 Å². The SMILES string of the molecule is CC(C)(O)C(C)(C)OBC1CC=CC2=C1C1CCC=CC1C21C2=C(CCCC2)C2CC3=C(CC21)C1=C(CCC=C1)C1CCCCC31. The molecule has 0 radical (unpaired) electrons. The maximum atomic E-state index is 10.9. The van der Waals surface area contributed by atoms with E-state index in [1.54, 1.807) is 16.7 Å². The Morgan fingerprint density at radius 1 is 0.783 bits per heavy atom. The highest BCUT2D eigenvalue weighted by Crippen LogP contribution is 2.74. The molecule has 1 saturated carbocycles. The quantitative estimate of drug-likeness (QED) is 0.252. The van der Waals surface area contributed by atoms with Gasteiger partial charge in [0.15, 0.2) is 0 Å². The van der Waals surface area contributed by atoms with Gasteiger partial charge in [0.2, 0.25) is 0 Å². The number of rotatable bonds is 4. The summed E-state index contributed by atoms with van der Waals surface area (Å²) in [5, 5.41) is 10.9. The molecule has 1 N–H and O–H groups in total. The number of hydrogen-bond acceptors (Lipinski definition) is 2. The van der Waals surface area contributed by atoms with Crippen molar-refractivity contribution in [1.29, 1.82) is 0 Å². The van der Waals surface area contributed by atoms with Gasteiger partial charge < -0.3 is 9.76 Å². The first-order valence-electron chi connectivity index (χ1n) is 19.5. The van der Waals surface area contributed by atoms with Crippen LogP contribution in [0.1, 0.15) is 124 Å². The smallest absolute Gasteiger partial charge is 0.283 e. The van der Waals surface area contributed by atoms with Crippen molar-refractivity contribution in [2.75, 3.05) is 0 Å². The fourth-order valence-electron chi connectivity index (χ4n) is 12.8. The Bertz CT molecular complexity index is 1540. The molecule has 0 amide bonds. The van der Waals surface area contributed by atoms with Crippen LogP contribution in [-0.4, -0.2) is 23.8 Å². The van der Waals surface area contributed by atoms with Crippen LogP contribution in [0.5, 0.6) is 0 Å². The first-order chi connectivity index (χ1) is 22.2. The van der Waals surface area contributed by atoms with Crippen LogP contribution in [0.3, 0.4) is 0 Å². The van der Waals surface area contributed by atoms with Gasteiger partial charge in [0, 0.05) is 5.41 Å². The fraction of sp³-hybridized carbons (Fsp3) is 0.674. The largest absolute Gasteiger partial charge is 0.431 e. The third-order valence-corrected chi connectivity index (χ3v) is 15.3. The minimum Gasteiger partial charge on any atom is -0.431 e. The van der Waals surface area contributed by atoms with E-state index in [9.17, 15) is 5.11 Å². The summed E-state index contributed by atoms with van der Waals surface area (Å²) >= 11 is 0. The van der Waals surface area contributed by atoms with E-state index < -0.39 is 11.2 Å². The van der Waals surface area contributed by atoms with Gasteiger partial charge in [-0.1, -0.05) is 77.2 Å². The molecule has 0 saturated heterocycles. The molecule has 0 aliphatic heterocycles. The van der Waals surface area contributed by atoms with Gasteiger partial charge in [-0.3, -0.25) is 0 Å². The Morgan fingerprint density at radius 3 is 2.41 bits per heavy atom. The lowest BCUT2D eigenvalue weighted by atomic mass is 9.53. The van der Waals surface area contributed by atoms with Gasteiger partial charge in [0.25, 0.3) is 7.48 Å². The molecule has 0 aromatic rings. The van der Waals surface area contributed by atoms with Crippen LogP contribution in [0, 0.1) is 40.9 Å². The summed E-state index contributed by atoms with van der Waals surface area (Å²) in [4.78, 5) is 0. The second-order valence-electron chi connectivity index (χ2n) is 17.8. The van der Waals surface area contributed by atoms with Crippen molar-refractivity contribution in [3.63, 3.8) is 0 Å². The summed E-state index contributed by atoms with van der Waals surface area (Å²) in [6.45, 7) is 7.94. The predicted molar refractivity (Wildman–Crippen MR) is 191 cm³/mol. The molecule has 2 nitrogen and oxygen atoms in total. The second kappa shape index (κ2) is 10.8. The number of allylic oxidation sites excluding steroid dienone is 14. The molecular formula is C43H57BO2. The van der Waals surface area contributed by atoms with Gasteiger partial charge in [-0.25, -0.2) is 0 Å². The lowest BCUT2D eigenvalue weighted by Crippen LogP contribution is -2.48. The maximum absolute atomic E-state index is 10.9. The molecule has 8 atom stereocenters. The summed E-state index contributed by atoms with van der Waals surface area (Å²) in [5.74, 6) is 4.74. The Balaban J connectivity index is 1.18. The van der Waals surface area contributed by atoms with Gasteiger partial charge in [-0.2, -0.15) is 0 Å². The van der Waals surface area contributed by atoms with Gasteiger partial charge >= 0.3 is 0 Å². The van der Waals surface area contributed by atoms with Crippen LogP contribution in [0.25, 0.3) is 0 Å². The molecule has 9 rings (SSSR count). The molecule has 3 heteroatoms. The van der Waals surface area contributed by atoms with E-state index in [1.165, 1.54) is 89.9 Å². The molecule has 0 aromatic heterocycles. The van der Waals surface area contributed by atoms with Gasteiger partial charge in [-0.15, -0.1) is 0 Å². The van der Waals surface area contributed by atoms with Crippen molar-refractivity contribution in [3.8, 4) is 0 Å². The monoisotopic (exact) mass is 616 g/mol. The highest BCUT2D eigenvalue weighted by atomic mass is 16.5. The first kappa shape index (κ1) is 30.2. The van der Waals surface area contributed by atoms with Crippen molar-refractivity contribution in [1.82, 2.24) is 0 Å². The topological polar surface area (TPSA) is 29.5 Å². The predicted octanol–water partition coefficient (Wildman–Crippen LogP) is 10.2. The summed E-state index contributed by atoms with van der Waals surface area (Å²) in [6.07, 6.45) is 35.5. The van der Waals surface area contributed by atoms with E-state index in [2.05, 4.69) is 50.3 Å². The van der Waals surface area contributed by atoms with Crippen LogP contribution in [0.4, 0.5) is 0 Å². The van der Waals surface area contributed by atoms with E-state index in [0.29, 0.717) is 31.1 Å². The molecule has 1 fully saturated rings. The first-order valence-corrected chi connectivity index (χ1v) is 19.5. The summed E-state index contributed by atoms with van der Waals surface area (Å²) in [5.41, 5.74) is 13.4. The third-order valence-electron chi connectivity index (χ3n) is 15.3. The summed E-state index contributed by atoms with van der Waals surface area (Å²) < 4.78 is 6.70. The van der Waals surface area contributed by atoms with Crippen molar-refractivity contribution in [2.24, 2.45) is 40.9 Å². The molecule has 244 valence electrons. The minimum atomic E-state index is -0.881. The standard InChI is InChI=1S/C43H57BO2/c1-41(2,45)42(3,4)46-44-39-23-13-22-37-40(39)31-19-10-12-21-36(31)43(37)35-20-11-9-18-30(35)34-24-32-28-16-7-5-14-26(28)27-15-6-8-17-29(27)33(32)25-38(34)43/h8,12-13,17,21-22,26,28,31,34,36,38-39,44-45H,5-7,9-11,14-16,18-20,23-25H2,1-4H3. The number of hydrogen-bond donors (Lipinski definition) is 1. The van der Waals surface area contributed by atoms with E-state index in [4.69, 9.17) is 4.65 Å². The normalized spacial score (nSPS) is 39.6. The average Bonchev–Trinajstić information content (AvgIpc) is 3.53. The lowest BCUT2D eigenvalue weighted by molar-refractivity contribution is -0.0908. The molecule has 8 unspecified atom stereocenters. The highest BCUT2D eigenvalue weighted by Gasteiger charge is 2.65.